The van der Waals surface area contributed by atoms with E-state index in [0.717, 1.165) is 6.26 Å². The van der Waals surface area contributed by atoms with Crippen molar-refractivity contribution in [2.45, 2.75) is 11.3 Å². The Morgan fingerprint density at radius 2 is 1.70 bits per heavy atom. The van der Waals surface area contributed by atoms with Gasteiger partial charge in [-0.25, -0.2) is 21.6 Å². The fourth-order valence-corrected chi connectivity index (χ4v) is 3.04. The summed E-state index contributed by atoms with van der Waals surface area (Å²) in [5, 5.41) is 8.60. The van der Waals surface area contributed by atoms with Gasteiger partial charge in [0.2, 0.25) is 10.0 Å². The van der Waals surface area contributed by atoms with Crippen molar-refractivity contribution < 1.29 is 26.7 Å². The summed E-state index contributed by atoms with van der Waals surface area (Å²) in [6.07, 6.45) is 0.823. The number of hydrogen-bond acceptors (Lipinski definition) is 5. The van der Waals surface area contributed by atoms with Crippen LogP contribution in [0.2, 0.25) is 0 Å². The maximum absolute atomic E-state index is 11.8. The molecule has 0 atom stereocenters. The number of carbonyl (C=O) groups is 1. The van der Waals surface area contributed by atoms with Crippen LogP contribution in [0.3, 0.4) is 0 Å². The van der Waals surface area contributed by atoms with Gasteiger partial charge in [0.15, 0.2) is 0 Å². The average Bonchev–Trinajstić information content (AvgIpc) is 2.26. The largest absolute Gasteiger partial charge is 0.481 e. The average molecular weight is 321 g/mol. The maximum atomic E-state index is 11.8. The van der Waals surface area contributed by atoms with Crippen LogP contribution >= 0.6 is 0 Å². The third kappa shape index (κ3) is 5.68. The van der Waals surface area contributed by atoms with Crippen molar-refractivity contribution in [1.29, 1.82) is 0 Å². The van der Waals surface area contributed by atoms with E-state index in [2.05, 4.69) is 4.72 Å². The lowest BCUT2D eigenvalue weighted by Gasteiger charge is -2.06. The summed E-state index contributed by atoms with van der Waals surface area (Å²) in [6, 6.07) is 5.36. The van der Waals surface area contributed by atoms with Gasteiger partial charge in [0.25, 0.3) is 0 Å². The van der Waals surface area contributed by atoms with Crippen LogP contribution in [0, 0.1) is 0 Å². The lowest BCUT2D eigenvalue weighted by atomic mass is 10.2. The van der Waals surface area contributed by atoms with Crippen molar-refractivity contribution in [2.24, 2.45) is 0 Å². The molecule has 0 aromatic heterocycles. The Morgan fingerprint density at radius 3 is 2.15 bits per heavy atom. The lowest BCUT2D eigenvalue weighted by Crippen LogP contribution is -2.28. The summed E-state index contributed by atoms with van der Waals surface area (Å²) in [5.41, 5.74) is 0.479. The highest BCUT2D eigenvalue weighted by Crippen LogP contribution is 2.10. The van der Waals surface area contributed by atoms with Crippen LogP contribution in [-0.2, 0) is 31.1 Å². The topological polar surface area (TPSA) is 118 Å². The van der Waals surface area contributed by atoms with Gasteiger partial charge in [-0.1, -0.05) is 12.1 Å². The molecular weight excluding hydrogens is 306 g/mol. The molecule has 0 amide bonds. The van der Waals surface area contributed by atoms with E-state index in [1.165, 1.54) is 24.3 Å². The first-order valence-corrected chi connectivity index (χ1v) is 9.13. The predicted octanol–water partition coefficient (Wildman–Crippen LogP) is -0.363. The minimum Gasteiger partial charge on any atom is -0.481 e. The van der Waals surface area contributed by atoms with E-state index in [9.17, 15) is 21.6 Å². The zero-order valence-electron chi connectivity index (χ0n) is 10.7. The van der Waals surface area contributed by atoms with Gasteiger partial charge in [-0.05, 0) is 17.7 Å². The summed E-state index contributed by atoms with van der Waals surface area (Å²) in [5.74, 6) is -1.30. The van der Waals surface area contributed by atoms with Gasteiger partial charge >= 0.3 is 5.97 Å². The fourth-order valence-electron chi connectivity index (χ4n) is 1.41. The highest BCUT2D eigenvalue weighted by atomic mass is 32.2. The number of carboxylic acids is 1. The molecule has 0 radical (unpaired) electrons. The van der Waals surface area contributed by atoms with Gasteiger partial charge in [0, 0.05) is 12.8 Å². The Balaban J connectivity index is 2.75. The van der Waals surface area contributed by atoms with Crippen LogP contribution in [0.15, 0.2) is 29.2 Å². The number of benzene rings is 1. The van der Waals surface area contributed by atoms with Gasteiger partial charge in [-0.3, -0.25) is 4.79 Å². The number of sulfonamides is 1. The van der Waals surface area contributed by atoms with E-state index in [-0.39, 0.29) is 23.6 Å². The molecule has 0 fully saturated rings. The second-order valence-electron chi connectivity index (χ2n) is 4.24. The van der Waals surface area contributed by atoms with Crippen LogP contribution in [0.4, 0.5) is 0 Å². The molecule has 0 aliphatic heterocycles. The van der Waals surface area contributed by atoms with Gasteiger partial charge in [0.05, 0.1) is 17.1 Å². The Morgan fingerprint density at radius 1 is 1.15 bits per heavy atom. The standard InChI is InChI=1S/C11H15NO6S2/c1-19(15,16)7-6-12-20(17,18)10-4-2-9(3-5-10)8-11(13)14/h2-5,12H,6-8H2,1H3,(H,13,14). The monoisotopic (exact) mass is 321 g/mol. The lowest BCUT2D eigenvalue weighted by molar-refractivity contribution is -0.136. The summed E-state index contributed by atoms with van der Waals surface area (Å²) < 4.78 is 47.6. The summed E-state index contributed by atoms with van der Waals surface area (Å²) in [4.78, 5) is 10.5. The van der Waals surface area contributed by atoms with Crippen molar-refractivity contribution in [3.63, 3.8) is 0 Å². The molecule has 0 spiro atoms. The minimum absolute atomic E-state index is 0.0415. The third-order valence-corrected chi connectivity index (χ3v) is 4.78. The number of rotatable bonds is 7. The van der Waals surface area contributed by atoms with Crippen LogP contribution in [0.25, 0.3) is 0 Å². The van der Waals surface area contributed by atoms with Gasteiger partial charge in [-0.2, -0.15) is 0 Å². The van der Waals surface area contributed by atoms with E-state index in [1.54, 1.807) is 0 Å². The molecule has 0 saturated heterocycles. The normalized spacial score (nSPS) is 12.2. The second kappa shape index (κ2) is 6.33. The molecule has 0 bridgehead atoms. The minimum atomic E-state index is -3.79. The first kappa shape index (κ1) is 16.6. The number of carboxylic acid groups (broad SMARTS) is 1. The molecular formula is C11H15NO6S2. The van der Waals surface area contributed by atoms with Crippen LogP contribution in [0.1, 0.15) is 5.56 Å². The molecule has 0 heterocycles. The molecule has 1 rings (SSSR count). The fraction of sp³-hybridized carbons (Fsp3) is 0.364. The Kier molecular flexibility index (Phi) is 5.26. The predicted molar refractivity (Wildman–Crippen MR) is 72.7 cm³/mol. The van der Waals surface area contributed by atoms with Crippen molar-refractivity contribution in [3.05, 3.63) is 29.8 Å². The number of hydrogen-bond donors (Lipinski definition) is 2. The van der Waals surface area contributed by atoms with Crippen molar-refractivity contribution in [2.75, 3.05) is 18.6 Å². The van der Waals surface area contributed by atoms with Crippen LogP contribution < -0.4 is 4.72 Å². The molecule has 1 aromatic carbocycles. The van der Waals surface area contributed by atoms with E-state index in [1.807, 2.05) is 0 Å². The van der Waals surface area contributed by atoms with Gasteiger partial charge in [0.1, 0.15) is 9.84 Å². The van der Waals surface area contributed by atoms with Crippen molar-refractivity contribution in [3.8, 4) is 0 Å². The van der Waals surface area contributed by atoms with Crippen molar-refractivity contribution in [1.82, 2.24) is 4.72 Å². The molecule has 9 heteroatoms. The van der Waals surface area contributed by atoms with E-state index >= 15 is 0 Å². The quantitative estimate of drug-likeness (QED) is 0.708. The first-order valence-electron chi connectivity index (χ1n) is 5.58. The molecule has 2 N–H and O–H groups in total. The van der Waals surface area contributed by atoms with Crippen LogP contribution in [-0.4, -0.2) is 46.5 Å². The number of nitrogens with one attached hydrogen (secondary N) is 1. The highest BCUT2D eigenvalue weighted by molar-refractivity contribution is 7.91. The molecule has 1 aromatic rings. The maximum Gasteiger partial charge on any atom is 0.307 e. The Labute approximate surface area is 117 Å². The molecule has 0 unspecified atom stereocenters. The summed E-state index contributed by atoms with van der Waals surface area (Å²) in [7, 11) is -7.03. The second-order valence-corrected chi connectivity index (χ2v) is 8.27. The molecule has 112 valence electrons. The van der Waals surface area contributed by atoms with Gasteiger partial charge in [-0.15, -0.1) is 0 Å². The molecule has 7 nitrogen and oxygen atoms in total. The van der Waals surface area contributed by atoms with E-state index in [0.29, 0.717) is 5.56 Å². The van der Waals surface area contributed by atoms with Gasteiger partial charge < -0.3 is 5.11 Å². The molecule has 0 aliphatic rings. The molecule has 0 aliphatic carbocycles. The van der Waals surface area contributed by atoms with Crippen LogP contribution in [0.5, 0.6) is 0 Å². The Bertz CT molecular complexity index is 676. The zero-order valence-corrected chi connectivity index (χ0v) is 12.4. The summed E-state index contributed by atoms with van der Waals surface area (Å²) >= 11 is 0. The molecule has 0 saturated carbocycles. The van der Waals surface area contributed by atoms with E-state index in [4.69, 9.17) is 5.11 Å². The first-order chi connectivity index (χ1) is 9.10. The van der Waals surface area contributed by atoms with Crippen molar-refractivity contribution >= 4 is 25.8 Å². The highest BCUT2D eigenvalue weighted by Gasteiger charge is 2.14. The smallest absolute Gasteiger partial charge is 0.307 e. The summed E-state index contributed by atoms with van der Waals surface area (Å²) in [6.45, 7) is -0.210. The SMILES string of the molecule is CS(=O)(=O)CCNS(=O)(=O)c1ccc(CC(=O)O)cc1. The molecule has 20 heavy (non-hydrogen) atoms. The van der Waals surface area contributed by atoms with E-state index < -0.39 is 25.8 Å². The Hall–Kier alpha value is -1.45. The number of aliphatic carboxylic acids is 1. The number of sulfone groups is 1. The third-order valence-electron chi connectivity index (χ3n) is 2.35. The zero-order chi connectivity index (χ0) is 15.4.